The molecule has 0 aliphatic rings. The second-order valence-electron chi connectivity index (χ2n) is 1.99. The molecule has 45 valence electrons. The summed E-state index contributed by atoms with van der Waals surface area (Å²) in [4.78, 5) is 0. The molecule has 0 aliphatic carbocycles. The summed E-state index contributed by atoms with van der Waals surface area (Å²) in [6, 6.07) is 0. The Morgan fingerprint density at radius 3 is 1.88 bits per heavy atom. The lowest BCUT2D eigenvalue weighted by molar-refractivity contribution is 0.512. The summed E-state index contributed by atoms with van der Waals surface area (Å²) in [6.45, 7) is 3.93. The zero-order chi connectivity index (χ0) is 6.62. The van der Waals surface area contributed by atoms with E-state index in [1.807, 2.05) is 13.8 Å². The maximum absolute atomic E-state index is 6.78. The maximum atomic E-state index is 6.78. The molecule has 0 aromatic carbocycles. The highest BCUT2D eigenvalue weighted by molar-refractivity contribution is 5.05. The number of hydrogen-bond donors (Lipinski definition) is 1. The number of rotatable bonds is 2. The van der Waals surface area contributed by atoms with E-state index in [1.54, 1.807) is 0 Å². The van der Waals surface area contributed by atoms with Crippen LogP contribution in [0, 0.1) is 12.3 Å². The maximum Gasteiger partial charge on any atom is 0.0780 e. The number of nitrogens with two attached hydrogens (primary N) is 1. The fraction of sp³-hybridized carbons (Fsp3) is 0.714. The lowest BCUT2D eigenvalue weighted by Gasteiger charge is -2.17. The van der Waals surface area contributed by atoms with Gasteiger partial charge in [0.1, 0.15) is 0 Å². The van der Waals surface area contributed by atoms with Gasteiger partial charge in [0, 0.05) is 0 Å². The third-order valence-electron chi connectivity index (χ3n) is 1.51. The van der Waals surface area contributed by atoms with E-state index in [1.165, 1.54) is 0 Å². The minimum absolute atomic E-state index is 0.458. The van der Waals surface area contributed by atoms with Crippen LogP contribution in [0.15, 0.2) is 0 Å². The van der Waals surface area contributed by atoms with Crippen molar-refractivity contribution >= 4 is 0 Å². The molecule has 0 heterocycles. The summed E-state index contributed by atoms with van der Waals surface area (Å²) in [5.41, 5.74) is 5.14. The van der Waals surface area contributed by atoms with E-state index in [9.17, 15) is 0 Å². The van der Waals surface area contributed by atoms with Crippen molar-refractivity contribution in [2.75, 3.05) is 0 Å². The summed E-state index contributed by atoms with van der Waals surface area (Å²) >= 11 is 0. The van der Waals surface area contributed by atoms with E-state index < -0.39 is 5.54 Å². The molecule has 0 amide bonds. The molecule has 1 radical (unpaired) electrons. The molecule has 0 aliphatic heterocycles. The first kappa shape index (κ1) is 7.52. The normalized spacial score (nSPS) is 10.8. The van der Waals surface area contributed by atoms with Crippen LogP contribution in [0.4, 0.5) is 0 Å². The molecule has 8 heavy (non-hydrogen) atoms. The summed E-state index contributed by atoms with van der Waals surface area (Å²) in [5, 5.41) is 0. The van der Waals surface area contributed by atoms with Gasteiger partial charge < -0.3 is 5.73 Å². The molecule has 0 aromatic rings. The molecule has 2 N–H and O–H groups in total. The van der Waals surface area contributed by atoms with Crippen molar-refractivity contribution in [1.82, 2.24) is 0 Å². The van der Waals surface area contributed by atoms with Gasteiger partial charge in [-0.1, -0.05) is 19.8 Å². The smallest absolute Gasteiger partial charge is 0.0780 e. The minimum atomic E-state index is -0.458. The Labute approximate surface area is 51.3 Å². The third-order valence-corrected chi connectivity index (χ3v) is 1.51. The number of hydrogen-bond acceptors (Lipinski definition) is 1. The van der Waals surface area contributed by atoms with Crippen LogP contribution >= 0.6 is 0 Å². The zero-order valence-corrected chi connectivity index (χ0v) is 5.49. The Kier molecular flexibility index (Phi) is 2.57. The Bertz CT molecular complexity index is 95.4. The van der Waals surface area contributed by atoms with Crippen LogP contribution in [0.2, 0.25) is 0 Å². The van der Waals surface area contributed by atoms with Crippen molar-refractivity contribution in [3.05, 3.63) is 6.42 Å². The molecule has 0 spiro atoms. The van der Waals surface area contributed by atoms with Crippen LogP contribution in [-0.2, 0) is 0 Å². The van der Waals surface area contributed by atoms with Crippen molar-refractivity contribution in [3.8, 4) is 5.92 Å². The van der Waals surface area contributed by atoms with Crippen molar-refractivity contribution in [2.45, 2.75) is 32.2 Å². The SMILES string of the molecule is [C]#CC(N)(CC)CC. The second-order valence-corrected chi connectivity index (χ2v) is 1.99. The highest BCUT2D eigenvalue weighted by atomic mass is 14.7. The van der Waals surface area contributed by atoms with Crippen molar-refractivity contribution in [2.24, 2.45) is 5.73 Å². The lowest BCUT2D eigenvalue weighted by atomic mass is 9.96. The molecule has 0 aromatic heterocycles. The molecule has 0 bridgehead atoms. The molecule has 0 unspecified atom stereocenters. The molecule has 0 saturated carbocycles. The van der Waals surface area contributed by atoms with Crippen LogP contribution in [0.5, 0.6) is 0 Å². The Balaban J connectivity index is 3.83. The van der Waals surface area contributed by atoms with Crippen molar-refractivity contribution in [1.29, 1.82) is 0 Å². The molecular weight excluding hydrogens is 98.1 g/mol. The van der Waals surface area contributed by atoms with Crippen molar-refractivity contribution < 1.29 is 0 Å². The van der Waals surface area contributed by atoms with Crippen molar-refractivity contribution in [3.63, 3.8) is 0 Å². The lowest BCUT2D eigenvalue weighted by Crippen LogP contribution is -2.35. The Morgan fingerprint density at radius 2 is 1.88 bits per heavy atom. The van der Waals surface area contributed by atoms with E-state index in [-0.39, 0.29) is 0 Å². The summed E-state index contributed by atoms with van der Waals surface area (Å²) in [5.74, 6) is 2.31. The van der Waals surface area contributed by atoms with Crippen LogP contribution in [0.1, 0.15) is 26.7 Å². The molecular formula is C7H12N. The van der Waals surface area contributed by atoms with Gasteiger partial charge in [0.15, 0.2) is 0 Å². The predicted molar refractivity (Wildman–Crippen MR) is 34.6 cm³/mol. The van der Waals surface area contributed by atoms with Gasteiger partial charge in [-0.15, -0.1) is 0 Å². The van der Waals surface area contributed by atoms with Gasteiger partial charge >= 0.3 is 0 Å². The van der Waals surface area contributed by atoms with Gasteiger partial charge in [-0.25, -0.2) is 0 Å². The highest BCUT2D eigenvalue weighted by Crippen LogP contribution is 2.07. The van der Waals surface area contributed by atoms with Crippen LogP contribution < -0.4 is 5.73 Å². The molecule has 1 heteroatoms. The molecule has 0 rings (SSSR count). The highest BCUT2D eigenvalue weighted by Gasteiger charge is 2.14. The molecule has 0 saturated heterocycles. The van der Waals surface area contributed by atoms with E-state index in [4.69, 9.17) is 12.2 Å². The summed E-state index contributed by atoms with van der Waals surface area (Å²) in [6.07, 6.45) is 8.38. The predicted octanol–water partition coefficient (Wildman–Crippen LogP) is 1.09. The summed E-state index contributed by atoms with van der Waals surface area (Å²) in [7, 11) is 0. The topological polar surface area (TPSA) is 26.0 Å². The molecule has 0 fully saturated rings. The zero-order valence-electron chi connectivity index (χ0n) is 5.49. The standard InChI is InChI=1S/C7H12N/c1-4-7(8,5-2)6-3/h4-5,8H2,1-2H3. The van der Waals surface area contributed by atoms with Gasteiger partial charge in [0.05, 0.1) is 5.54 Å². The van der Waals surface area contributed by atoms with Gasteiger partial charge in [-0.05, 0) is 19.3 Å². The largest absolute Gasteiger partial charge is 0.315 e. The third kappa shape index (κ3) is 1.55. The second kappa shape index (κ2) is 2.74. The van der Waals surface area contributed by atoms with E-state index in [2.05, 4.69) is 5.92 Å². The van der Waals surface area contributed by atoms with Crippen LogP contribution in [0.25, 0.3) is 0 Å². The first-order valence-corrected chi connectivity index (χ1v) is 2.91. The average molecular weight is 110 g/mol. The van der Waals surface area contributed by atoms with E-state index in [0.29, 0.717) is 0 Å². The van der Waals surface area contributed by atoms with Crippen LogP contribution in [0.3, 0.4) is 0 Å². The van der Waals surface area contributed by atoms with E-state index in [0.717, 1.165) is 12.8 Å². The quantitative estimate of drug-likeness (QED) is 0.529. The fourth-order valence-corrected chi connectivity index (χ4v) is 0.427. The monoisotopic (exact) mass is 110 g/mol. The van der Waals surface area contributed by atoms with Gasteiger partial charge in [0.25, 0.3) is 0 Å². The van der Waals surface area contributed by atoms with Gasteiger partial charge in [0.2, 0.25) is 0 Å². The first-order valence-electron chi connectivity index (χ1n) is 2.91. The first-order chi connectivity index (χ1) is 3.68. The van der Waals surface area contributed by atoms with E-state index >= 15 is 0 Å². The van der Waals surface area contributed by atoms with Gasteiger partial charge in [-0.3, -0.25) is 0 Å². The van der Waals surface area contributed by atoms with Gasteiger partial charge in [-0.2, -0.15) is 0 Å². The minimum Gasteiger partial charge on any atom is -0.315 e. The Morgan fingerprint density at radius 1 is 1.50 bits per heavy atom. The summed E-state index contributed by atoms with van der Waals surface area (Å²) < 4.78 is 0. The molecule has 0 atom stereocenters. The average Bonchev–Trinajstić information content (AvgIpc) is 1.87. The van der Waals surface area contributed by atoms with Crippen LogP contribution in [-0.4, -0.2) is 5.54 Å². The Hall–Kier alpha value is -0.480. The fourth-order valence-electron chi connectivity index (χ4n) is 0.427. The molecule has 1 nitrogen and oxygen atoms in total.